The van der Waals surface area contributed by atoms with E-state index >= 15 is 0 Å². The van der Waals surface area contributed by atoms with Crippen LogP contribution in [0.2, 0.25) is 0 Å². The maximum atomic E-state index is 13.2. The van der Waals surface area contributed by atoms with Crippen molar-refractivity contribution in [1.29, 1.82) is 0 Å². The van der Waals surface area contributed by atoms with Crippen LogP contribution in [0.25, 0.3) is 0 Å². The highest BCUT2D eigenvalue weighted by Gasteiger charge is 2.19. The zero-order chi connectivity index (χ0) is 17.2. The lowest BCUT2D eigenvalue weighted by atomic mass is 10.1. The number of aromatic nitrogens is 1. The van der Waals surface area contributed by atoms with E-state index in [0.29, 0.717) is 5.56 Å². The van der Waals surface area contributed by atoms with E-state index in [1.807, 2.05) is 0 Å². The molecular formula is C15H18FN3O3S. The van der Waals surface area contributed by atoms with Crippen LogP contribution in [0.3, 0.4) is 0 Å². The summed E-state index contributed by atoms with van der Waals surface area (Å²) in [7, 11) is -0.710. The predicted octanol–water partition coefficient (Wildman–Crippen LogP) is 1.31. The number of hydrogen-bond donors (Lipinski definition) is 2. The molecule has 1 aromatic heterocycles. The molecular weight excluding hydrogens is 321 g/mol. The fraction of sp³-hybridized carbons (Fsp3) is 0.267. The molecule has 6 nitrogen and oxygen atoms in total. The number of rotatable bonds is 5. The van der Waals surface area contributed by atoms with Crippen LogP contribution in [-0.2, 0) is 23.6 Å². The average Bonchev–Trinajstić information content (AvgIpc) is 2.91. The van der Waals surface area contributed by atoms with Gasteiger partial charge in [0, 0.05) is 19.8 Å². The van der Waals surface area contributed by atoms with E-state index in [-0.39, 0.29) is 23.0 Å². The molecule has 0 aliphatic rings. The van der Waals surface area contributed by atoms with Gasteiger partial charge in [-0.05, 0) is 37.2 Å². The van der Waals surface area contributed by atoms with Crippen LogP contribution in [0.1, 0.15) is 21.6 Å². The van der Waals surface area contributed by atoms with E-state index in [1.165, 1.54) is 29.9 Å². The van der Waals surface area contributed by atoms with Crippen molar-refractivity contribution in [3.05, 3.63) is 53.1 Å². The molecule has 0 atom stereocenters. The van der Waals surface area contributed by atoms with E-state index in [4.69, 9.17) is 0 Å². The molecule has 0 spiro atoms. The van der Waals surface area contributed by atoms with Crippen LogP contribution >= 0.6 is 0 Å². The average molecular weight is 339 g/mol. The van der Waals surface area contributed by atoms with Gasteiger partial charge in [0.2, 0.25) is 10.0 Å². The van der Waals surface area contributed by atoms with Crippen LogP contribution in [0.5, 0.6) is 0 Å². The molecule has 0 bridgehead atoms. The summed E-state index contributed by atoms with van der Waals surface area (Å²) in [5.74, 6) is -0.712. The van der Waals surface area contributed by atoms with E-state index in [2.05, 4.69) is 10.0 Å². The lowest BCUT2D eigenvalue weighted by Crippen LogP contribution is -2.24. The third kappa shape index (κ3) is 3.77. The Bertz CT molecular complexity index is 844. The van der Waals surface area contributed by atoms with Gasteiger partial charge in [0.1, 0.15) is 16.4 Å². The highest BCUT2D eigenvalue weighted by Crippen LogP contribution is 2.14. The summed E-state index contributed by atoms with van der Waals surface area (Å²) in [6, 6.07) is 5.88. The third-order valence-electron chi connectivity index (χ3n) is 3.47. The van der Waals surface area contributed by atoms with Crippen molar-refractivity contribution in [2.24, 2.45) is 7.05 Å². The maximum Gasteiger partial charge on any atom is 0.268 e. The molecule has 2 rings (SSSR count). The van der Waals surface area contributed by atoms with Gasteiger partial charge in [-0.25, -0.2) is 17.5 Å². The second-order valence-corrected chi connectivity index (χ2v) is 7.03. The highest BCUT2D eigenvalue weighted by atomic mass is 32.2. The van der Waals surface area contributed by atoms with Crippen LogP contribution in [0.15, 0.2) is 35.4 Å². The van der Waals surface area contributed by atoms with Gasteiger partial charge < -0.3 is 9.88 Å². The maximum absolute atomic E-state index is 13.2. The summed E-state index contributed by atoms with van der Waals surface area (Å²) in [5, 5.41) is 2.69. The number of carbonyl (C=O) groups excluding carboxylic acids is 1. The van der Waals surface area contributed by atoms with Gasteiger partial charge in [-0.15, -0.1) is 0 Å². The van der Waals surface area contributed by atoms with Crippen molar-refractivity contribution < 1.29 is 17.6 Å². The number of benzene rings is 1. The van der Waals surface area contributed by atoms with Crippen molar-refractivity contribution in [1.82, 2.24) is 14.6 Å². The van der Waals surface area contributed by atoms with Gasteiger partial charge in [-0.1, -0.05) is 12.1 Å². The van der Waals surface area contributed by atoms with E-state index < -0.39 is 15.9 Å². The molecule has 0 aliphatic carbocycles. The Kier molecular flexibility index (Phi) is 4.86. The second-order valence-electron chi connectivity index (χ2n) is 5.15. The molecule has 124 valence electrons. The van der Waals surface area contributed by atoms with Gasteiger partial charge in [-0.3, -0.25) is 4.79 Å². The van der Waals surface area contributed by atoms with Crippen LogP contribution in [0, 0.1) is 12.7 Å². The number of nitrogens with zero attached hydrogens (tertiary/aromatic N) is 1. The lowest BCUT2D eigenvalue weighted by molar-refractivity contribution is 0.0942. The molecule has 2 aromatic rings. The number of nitrogens with one attached hydrogen (secondary N) is 2. The zero-order valence-corrected chi connectivity index (χ0v) is 13.9. The first-order valence-corrected chi connectivity index (χ1v) is 8.36. The molecule has 0 fully saturated rings. The minimum Gasteiger partial charge on any atom is -0.347 e. The molecule has 8 heteroatoms. The summed E-state index contributed by atoms with van der Waals surface area (Å²) in [4.78, 5) is 12.2. The molecule has 0 aliphatic heterocycles. The summed E-state index contributed by atoms with van der Waals surface area (Å²) >= 11 is 0. The molecule has 1 amide bonds. The minimum atomic E-state index is -3.60. The number of carbonyl (C=O) groups is 1. The summed E-state index contributed by atoms with van der Waals surface area (Å²) in [5.41, 5.74) is 1.48. The Hall–Kier alpha value is -2.19. The summed E-state index contributed by atoms with van der Waals surface area (Å²) < 4.78 is 40.3. The third-order valence-corrected chi connectivity index (χ3v) is 4.85. The number of halogens is 1. The van der Waals surface area contributed by atoms with Gasteiger partial charge in [0.05, 0.1) is 0 Å². The molecule has 2 N–H and O–H groups in total. The number of amides is 1. The molecule has 1 aromatic carbocycles. The number of hydrogen-bond acceptors (Lipinski definition) is 3. The summed E-state index contributed by atoms with van der Waals surface area (Å²) in [6.07, 6.45) is 1.36. The Balaban J connectivity index is 2.13. The predicted molar refractivity (Wildman–Crippen MR) is 84.0 cm³/mol. The van der Waals surface area contributed by atoms with Crippen molar-refractivity contribution in [2.45, 2.75) is 18.4 Å². The van der Waals surface area contributed by atoms with Crippen molar-refractivity contribution >= 4 is 15.9 Å². The Labute approximate surface area is 134 Å². The van der Waals surface area contributed by atoms with Gasteiger partial charge in [0.15, 0.2) is 0 Å². The normalized spacial score (nSPS) is 11.5. The quantitative estimate of drug-likeness (QED) is 0.862. The topological polar surface area (TPSA) is 80.2 Å². The second kappa shape index (κ2) is 6.51. The molecule has 0 unspecified atom stereocenters. The first-order valence-electron chi connectivity index (χ1n) is 6.87. The van der Waals surface area contributed by atoms with Crippen LogP contribution in [-0.4, -0.2) is 25.9 Å². The largest absolute Gasteiger partial charge is 0.347 e. The number of aryl methyl sites for hydroxylation is 2. The van der Waals surface area contributed by atoms with Gasteiger partial charge in [-0.2, -0.15) is 0 Å². The van der Waals surface area contributed by atoms with E-state index in [0.717, 1.165) is 5.56 Å². The molecule has 23 heavy (non-hydrogen) atoms. The van der Waals surface area contributed by atoms with E-state index in [9.17, 15) is 17.6 Å². The lowest BCUT2D eigenvalue weighted by Gasteiger charge is -2.07. The zero-order valence-electron chi connectivity index (χ0n) is 13.1. The standard InChI is InChI=1S/C15H18FN3O3S/c1-10-6-11(4-5-13(10)16)8-18-15(20)14-7-12(9-19(14)3)23(21,22)17-2/h4-7,9,17H,8H2,1-3H3,(H,18,20). The molecule has 1 heterocycles. The first kappa shape index (κ1) is 17.2. The van der Waals surface area contributed by atoms with Crippen LogP contribution in [0.4, 0.5) is 4.39 Å². The fourth-order valence-corrected chi connectivity index (χ4v) is 2.91. The summed E-state index contributed by atoms with van der Waals surface area (Å²) in [6.45, 7) is 1.87. The Morgan fingerprint density at radius 1 is 1.30 bits per heavy atom. The smallest absolute Gasteiger partial charge is 0.268 e. The monoisotopic (exact) mass is 339 g/mol. The minimum absolute atomic E-state index is 0.0188. The van der Waals surface area contributed by atoms with Gasteiger partial charge in [0.25, 0.3) is 5.91 Å². The number of sulfonamides is 1. The van der Waals surface area contributed by atoms with Gasteiger partial charge >= 0.3 is 0 Å². The van der Waals surface area contributed by atoms with Crippen molar-refractivity contribution in [2.75, 3.05) is 7.05 Å². The first-order chi connectivity index (χ1) is 10.7. The highest BCUT2D eigenvalue weighted by molar-refractivity contribution is 7.89. The van der Waals surface area contributed by atoms with E-state index in [1.54, 1.807) is 26.1 Å². The Morgan fingerprint density at radius 3 is 2.61 bits per heavy atom. The fourth-order valence-electron chi connectivity index (χ4n) is 2.11. The molecule has 0 saturated heterocycles. The van der Waals surface area contributed by atoms with Crippen molar-refractivity contribution in [3.63, 3.8) is 0 Å². The molecule has 0 radical (unpaired) electrons. The Morgan fingerprint density at radius 2 is 2.00 bits per heavy atom. The molecule has 0 saturated carbocycles. The van der Waals surface area contributed by atoms with Crippen molar-refractivity contribution in [3.8, 4) is 0 Å². The SMILES string of the molecule is CNS(=O)(=O)c1cc(C(=O)NCc2ccc(F)c(C)c2)n(C)c1. The van der Waals surface area contributed by atoms with Crippen LogP contribution < -0.4 is 10.0 Å².